The lowest BCUT2D eigenvalue weighted by Gasteiger charge is -2.13. The Morgan fingerprint density at radius 2 is 1.77 bits per heavy atom. The van der Waals surface area contributed by atoms with E-state index in [1.807, 2.05) is 48.5 Å². The van der Waals surface area contributed by atoms with Crippen LogP contribution in [-0.4, -0.2) is 31.8 Å². The van der Waals surface area contributed by atoms with E-state index >= 15 is 0 Å². The fourth-order valence-corrected chi connectivity index (χ4v) is 3.14. The first kappa shape index (κ1) is 16.2. The lowest BCUT2D eigenvalue weighted by Crippen LogP contribution is -2.30. The van der Waals surface area contributed by atoms with Crippen molar-refractivity contribution in [2.45, 2.75) is 13.0 Å². The summed E-state index contributed by atoms with van der Waals surface area (Å²) in [6, 6.07) is 18.9. The minimum Gasteiger partial charge on any atom is -0.481 e. The summed E-state index contributed by atoms with van der Waals surface area (Å²) in [7, 11) is 0. The van der Waals surface area contributed by atoms with Gasteiger partial charge >= 0.3 is 0 Å². The number of anilines is 1. The summed E-state index contributed by atoms with van der Waals surface area (Å²) in [5, 5.41) is 15.9. The predicted molar refractivity (Wildman–Crippen MR) is 99.3 cm³/mol. The number of nitrogens with one attached hydrogen (secondary N) is 1. The van der Waals surface area contributed by atoms with Crippen LogP contribution in [0, 0.1) is 0 Å². The third-order valence-corrected chi connectivity index (χ3v) is 4.49. The van der Waals surface area contributed by atoms with Crippen molar-refractivity contribution in [1.82, 2.24) is 19.8 Å². The van der Waals surface area contributed by atoms with Gasteiger partial charge in [-0.1, -0.05) is 59.9 Å². The summed E-state index contributed by atoms with van der Waals surface area (Å²) in [6.07, 6.45) is -0.652. The Kier molecular flexibility index (Phi) is 4.32. The molecule has 0 spiro atoms. The lowest BCUT2D eigenvalue weighted by molar-refractivity contribution is -0.122. The molecular weight excluding hydrogens is 350 g/mol. The fraction of sp³-hybridized carbons (Fsp3) is 0.111. The molecule has 0 fully saturated rings. The minimum atomic E-state index is -0.652. The Labute approximate surface area is 153 Å². The van der Waals surface area contributed by atoms with Crippen molar-refractivity contribution in [2.75, 3.05) is 5.32 Å². The van der Waals surface area contributed by atoms with Crippen molar-refractivity contribution in [3.63, 3.8) is 0 Å². The second kappa shape index (κ2) is 6.93. The third-order valence-electron chi connectivity index (χ3n) is 3.68. The van der Waals surface area contributed by atoms with E-state index in [4.69, 9.17) is 4.74 Å². The minimum absolute atomic E-state index is 0.278. The van der Waals surface area contributed by atoms with Crippen molar-refractivity contribution in [3.05, 3.63) is 60.7 Å². The second-order valence-electron chi connectivity index (χ2n) is 5.55. The van der Waals surface area contributed by atoms with Crippen LogP contribution in [0.4, 0.5) is 5.13 Å². The monoisotopic (exact) mass is 365 g/mol. The molecule has 0 saturated heterocycles. The molecule has 1 N–H and O–H groups in total. The van der Waals surface area contributed by atoms with Crippen LogP contribution in [-0.2, 0) is 4.79 Å². The molecular formula is C18H15N5O2S. The molecule has 130 valence electrons. The number of nitrogens with zero attached hydrogens (tertiary/aromatic N) is 4. The zero-order valence-electron chi connectivity index (χ0n) is 13.9. The van der Waals surface area contributed by atoms with Gasteiger partial charge in [0.05, 0.1) is 0 Å². The van der Waals surface area contributed by atoms with Gasteiger partial charge in [-0.3, -0.25) is 10.1 Å². The van der Waals surface area contributed by atoms with Crippen LogP contribution in [0.1, 0.15) is 6.92 Å². The number of carbonyl (C=O) groups excluding carboxylic acids is 1. The van der Waals surface area contributed by atoms with Crippen LogP contribution in [0.25, 0.3) is 16.3 Å². The molecule has 0 radical (unpaired) electrons. The molecule has 0 saturated carbocycles. The van der Waals surface area contributed by atoms with Gasteiger partial charge in [0.25, 0.3) is 5.91 Å². The summed E-state index contributed by atoms with van der Waals surface area (Å²) in [5.74, 6) is 0.991. The number of rotatable bonds is 5. The molecule has 26 heavy (non-hydrogen) atoms. The average Bonchev–Trinajstić information content (AvgIpc) is 3.23. The van der Waals surface area contributed by atoms with Crippen LogP contribution in [0.15, 0.2) is 60.7 Å². The van der Waals surface area contributed by atoms with Gasteiger partial charge < -0.3 is 4.74 Å². The Morgan fingerprint density at radius 3 is 2.50 bits per heavy atom. The molecule has 4 aromatic rings. The first-order valence-corrected chi connectivity index (χ1v) is 8.82. The highest BCUT2D eigenvalue weighted by atomic mass is 32.1. The number of carbonyl (C=O) groups is 1. The van der Waals surface area contributed by atoms with Crippen molar-refractivity contribution < 1.29 is 9.53 Å². The van der Waals surface area contributed by atoms with E-state index in [0.29, 0.717) is 21.7 Å². The Morgan fingerprint density at radius 1 is 1.08 bits per heavy atom. The maximum absolute atomic E-state index is 12.4. The maximum Gasteiger partial charge on any atom is 0.266 e. The molecule has 0 bridgehead atoms. The topological polar surface area (TPSA) is 81.4 Å². The van der Waals surface area contributed by atoms with Gasteiger partial charge in [0.15, 0.2) is 11.9 Å². The Balaban J connectivity index is 1.51. The molecule has 1 atom stereocenters. The quantitative estimate of drug-likeness (QED) is 0.587. The van der Waals surface area contributed by atoms with Gasteiger partial charge in [0, 0.05) is 5.56 Å². The first-order chi connectivity index (χ1) is 12.7. The average molecular weight is 365 g/mol. The van der Waals surface area contributed by atoms with Gasteiger partial charge in [-0.15, -0.1) is 15.3 Å². The van der Waals surface area contributed by atoms with E-state index < -0.39 is 6.10 Å². The summed E-state index contributed by atoms with van der Waals surface area (Å²) < 4.78 is 7.25. The number of ether oxygens (including phenoxy) is 1. The first-order valence-electron chi connectivity index (χ1n) is 8.01. The zero-order valence-corrected chi connectivity index (χ0v) is 14.7. The van der Waals surface area contributed by atoms with Crippen LogP contribution >= 0.6 is 11.3 Å². The van der Waals surface area contributed by atoms with E-state index in [2.05, 4.69) is 20.6 Å². The SMILES string of the molecule is C[C@H](Oc1ccccc1)C(=O)Nc1nn2c(-c3ccccc3)nnc2s1. The predicted octanol–water partition coefficient (Wildman–Crippen LogP) is 3.26. The standard InChI is InChI=1S/C18H15N5O2S/c1-12(25-14-10-6-3-7-11-14)16(24)19-17-22-23-15(20-21-18(23)26-17)13-8-4-2-5-9-13/h2-12H,1H3,(H,19,22,24)/t12-/m0/s1. The number of aromatic nitrogens is 4. The highest BCUT2D eigenvalue weighted by Gasteiger charge is 2.19. The summed E-state index contributed by atoms with van der Waals surface area (Å²) in [5.41, 5.74) is 0.906. The highest BCUT2D eigenvalue weighted by Crippen LogP contribution is 2.24. The van der Waals surface area contributed by atoms with Crippen LogP contribution in [0.5, 0.6) is 5.75 Å². The molecule has 2 aromatic carbocycles. The molecule has 7 nitrogen and oxygen atoms in total. The molecule has 0 aliphatic heterocycles. The van der Waals surface area contributed by atoms with E-state index in [1.165, 1.54) is 11.3 Å². The molecule has 4 rings (SSSR count). The summed E-state index contributed by atoms with van der Waals surface area (Å²) >= 11 is 1.26. The van der Waals surface area contributed by atoms with Gasteiger partial charge in [-0.2, -0.15) is 4.52 Å². The number of para-hydroxylation sites is 1. The van der Waals surface area contributed by atoms with E-state index in [-0.39, 0.29) is 5.91 Å². The number of benzene rings is 2. The van der Waals surface area contributed by atoms with Gasteiger partial charge in [-0.05, 0) is 19.1 Å². The van der Waals surface area contributed by atoms with Crippen LogP contribution < -0.4 is 10.1 Å². The van der Waals surface area contributed by atoms with Crippen LogP contribution in [0.2, 0.25) is 0 Å². The van der Waals surface area contributed by atoms with Crippen molar-refractivity contribution in [2.24, 2.45) is 0 Å². The number of hydrogen-bond acceptors (Lipinski definition) is 6. The van der Waals surface area contributed by atoms with Gasteiger partial charge in [0.1, 0.15) is 5.75 Å². The molecule has 8 heteroatoms. The van der Waals surface area contributed by atoms with E-state index in [0.717, 1.165) is 5.56 Å². The molecule has 2 heterocycles. The fourth-order valence-electron chi connectivity index (χ4n) is 2.40. The number of fused-ring (bicyclic) bond motifs is 1. The Bertz CT molecular complexity index is 1030. The van der Waals surface area contributed by atoms with Crippen molar-refractivity contribution in [1.29, 1.82) is 0 Å². The summed E-state index contributed by atoms with van der Waals surface area (Å²) in [6.45, 7) is 1.69. The number of hydrogen-bond donors (Lipinski definition) is 1. The second-order valence-corrected chi connectivity index (χ2v) is 6.51. The van der Waals surface area contributed by atoms with Crippen molar-refractivity contribution in [3.8, 4) is 17.1 Å². The normalized spacial score (nSPS) is 12.0. The molecule has 0 aliphatic carbocycles. The number of amides is 1. The largest absolute Gasteiger partial charge is 0.481 e. The highest BCUT2D eigenvalue weighted by molar-refractivity contribution is 7.20. The van der Waals surface area contributed by atoms with Crippen molar-refractivity contribution >= 4 is 27.3 Å². The molecule has 2 aromatic heterocycles. The Hall–Kier alpha value is -3.26. The molecule has 1 amide bonds. The third kappa shape index (κ3) is 3.27. The smallest absolute Gasteiger partial charge is 0.266 e. The zero-order chi connectivity index (χ0) is 17.9. The summed E-state index contributed by atoms with van der Waals surface area (Å²) in [4.78, 5) is 13.0. The molecule has 0 aliphatic rings. The van der Waals surface area contributed by atoms with E-state index in [1.54, 1.807) is 23.6 Å². The van der Waals surface area contributed by atoms with Gasteiger partial charge in [0.2, 0.25) is 10.1 Å². The van der Waals surface area contributed by atoms with Crippen LogP contribution in [0.3, 0.4) is 0 Å². The lowest BCUT2D eigenvalue weighted by atomic mass is 10.2. The van der Waals surface area contributed by atoms with E-state index in [9.17, 15) is 4.79 Å². The van der Waals surface area contributed by atoms with Gasteiger partial charge in [-0.25, -0.2) is 0 Å². The molecule has 0 unspecified atom stereocenters. The maximum atomic E-state index is 12.4.